The molecule has 0 bridgehead atoms. The molecule has 0 aromatic heterocycles. The molecule has 23 heavy (non-hydrogen) atoms. The summed E-state index contributed by atoms with van der Waals surface area (Å²) in [6.45, 7) is 2.98. The van der Waals surface area contributed by atoms with Gasteiger partial charge in [0.05, 0.1) is 0 Å². The number of unbranched alkanes of at least 4 members (excludes halogenated alkanes) is 5. The number of aliphatic carboxylic acids is 2. The standard InChI is InChI=1S/C17H25NO5/c1-2-3-4-5-6-7-12-18-14-10-8-13(9-11-14)17(23,15(19)20)16(21)22/h8-11,18,23H,2-7,12H2,1H3,(H,19,20)(H,21,22). The van der Waals surface area contributed by atoms with Crippen LogP contribution in [0.4, 0.5) is 5.69 Å². The van der Waals surface area contributed by atoms with E-state index in [2.05, 4.69) is 12.2 Å². The fourth-order valence-electron chi connectivity index (χ4n) is 2.31. The second-order valence-corrected chi connectivity index (χ2v) is 5.59. The number of hydrogen-bond donors (Lipinski definition) is 4. The normalized spacial score (nSPS) is 11.2. The van der Waals surface area contributed by atoms with E-state index in [0.717, 1.165) is 25.1 Å². The first-order chi connectivity index (χ1) is 10.9. The van der Waals surface area contributed by atoms with E-state index in [0.29, 0.717) is 0 Å². The molecule has 0 heterocycles. The van der Waals surface area contributed by atoms with Crippen LogP contribution in [-0.2, 0) is 15.2 Å². The number of rotatable bonds is 11. The maximum atomic E-state index is 11.0. The minimum Gasteiger partial charge on any atom is -0.478 e. The Bertz CT molecular complexity index is 498. The number of nitrogens with one attached hydrogen (secondary N) is 1. The zero-order valence-electron chi connectivity index (χ0n) is 13.4. The highest BCUT2D eigenvalue weighted by atomic mass is 16.4. The second-order valence-electron chi connectivity index (χ2n) is 5.59. The molecular weight excluding hydrogens is 298 g/mol. The maximum absolute atomic E-state index is 11.0. The van der Waals surface area contributed by atoms with Gasteiger partial charge in [-0.3, -0.25) is 0 Å². The van der Waals surface area contributed by atoms with Crippen LogP contribution in [0.2, 0.25) is 0 Å². The molecule has 4 N–H and O–H groups in total. The minimum atomic E-state index is -2.92. The number of carboxylic acid groups (broad SMARTS) is 2. The molecule has 0 unspecified atom stereocenters. The van der Waals surface area contributed by atoms with Gasteiger partial charge in [0.2, 0.25) is 0 Å². The van der Waals surface area contributed by atoms with Gasteiger partial charge in [0.25, 0.3) is 5.60 Å². The molecule has 0 saturated heterocycles. The molecule has 6 heteroatoms. The highest BCUT2D eigenvalue weighted by Gasteiger charge is 2.46. The van der Waals surface area contributed by atoms with Gasteiger partial charge in [-0.2, -0.15) is 0 Å². The summed E-state index contributed by atoms with van der Waals surface area (Å²) < 4.78 is 0. The third-order valence-corrected chi connectivity index (χ3v) is 3.78. The first kappa shape index (κ1) is 19.0. The van der Waals surface area contributed by atoms with Crippen molar-refractivity contribution >= 4 is 17.6 Å². The number of aliphatic hydroxyl groups is 1. The van der Waals surface area contributed by atoms with E-state index in [1.807, 2.05) is 0 Å². The Morgan fingerprint density at radius 2 is 1.48 bits per heavy atom. The lowest BCUT2D eigenvalue weighted by Crippen LogP contribution is -2.43. The Hall–Kier alpha value is -2.08. The molecule has 0 aliphatic carbocycles. The summed E-state index contributed by atoms with van der Waals surface area (Å²) in [5.74, 6) is -3.62. The van der Waals surface area contributed by atoms with Crippen LogP contribution in [0.1, 0.15) is 51.0 Å². The molecule has 0 aliphatic heterocycles. The fourth-order valence-corrected chi connectivity index (χ4v) is 2.31. The van der Waals surface area contributed by atoms with Crippen molar-refractivity contribution < 1.29 is 24.9 Å². The fraction of sp³-hybridized carbons (Fsp3) is 0.529. The molecular formula is C17H25NO5. The lowest BCUT2D eigenvalue weighted by molar-refractivity contribution is -0.177. The van der Waals surface area contributed by atoms with Gasteiger partial charge >= 0.3 is 11.9 Å². The second kappa shape index (κ2) is 9.15. The van der Waals surface area contributed by atoms with E-state index in [1.54, 1.807) is 12.1 Å². The summed E-state index contributed by atoms with van der Waals surface area (Å²) >= 11 is 0. The molecule has 0 atom stereocenters. The lowest BCUT2D eigenvalue weighted by atomic mass is 9.94. The zero-order valence-corrected chi connectivity index (χ0v) is 13.4. The van der Waals surface area contributed by atoms with Gasteiger partial charge in [-0.25, -0.2) is 9.59 Å². The number of carbonyl (C=O) groups is 2. The highest BCUT2D eigenvalue weighted by molar-refractivity contribution is 6.02. The molecule has 0 aliphatic rings. The van der Waals surface area contributed by atoms with Crippen LogP contribution >= 0.6 is 0 Å². The summed E-state index contributed by atoms with van der Waals surface area (Å²) in [5, 5.41) is 30.9. The third-order valence-electron chi connectivity index (χ3n) is 3.78. The lowest BCUT2D eigenvalue weighted by Gasteiger charge is -2.19. The average Bonchev–Trinajstić information content (AvgIpc) is 2.53. The highest BCUT2D eigenvalue weighted by Crippen LogP contribution is 2.23. The van der Waals surface area contributed by atoms with Crippen LogP contribution in [-0.4, -0.2) is 33.8 Å². The van der Waals surface area contributed by atoms with E-state index < -0.39 is 17.5 Å². The van der Waals surface area contributed by atoms with Gasteiger partial charge in [-0.15, -0.1) is 0 Å². The van der Waals surface area contributed by atoms with Crippen molar-refractivity contribution in [3.63, 3.8) is 0 Å². The molecule has 0 saturated carbocycles. The largest absolute Gasteiger partial charge is 0.478 e. The summed E-state index contributed by atoms with van der Waals surface area (Å²) in [6.07, 6.45) is 7.17. The van der Waals surface area contributed by atoms with E-state index in [9.17, 15) is 14.7 Å². The van der Waals surface area contributed by atoms with Crippen LogP contribution in [0, 0.1) is 0 Å². The number of anilines is 1. The van der Waals surface area contributed by atoms with Crippen molar-refractivity contribution in [1.29, 1.82) is 0 Å². The molecule has 0 spiro atoms. The van der Waals surface area contributed by atoms with Gasteiger partial charge in [-0.1, -0.05) is 51.2 Å². The van der Waals surface area contributed by atoms with E-state index >= 15 is 0 Å². The minimum absolute atomic E-state index is 0.178. The van der Waals surface area contributed by atoms with Gasteiger partial charge in [0, 0.05) is 17.8 Å². The Balaban J connectivity index is 2.50. The van der Waals surface area contributed by atoms with Crippen molar-refractivity contribution in [2.75, 3.05) is 11.9 Å². The van der Waals surface area contributed by atoms with Crippen LogP contribution in [0.5, 0.6) is 0 Å². The zero-order chi connectivity index (χ0) is 17.3. The maximum Gasteiger partial charge on any atom is 0.352 e. The Kier molecular flexibility index (Phi) is 7.54. The van der Waals surface area contributed by atoms with Crippen molar-refractivity contribution in [3.05, 3.63) is 29.8 Å². The third kappa shape index (κ3) is 5.25. The van der Waals surface area contributed by atoms with Gasteiger partial charge in [0.15, 0.2) is 0 Å². The molecule has 0 radical (unpaired) electrons. The predicted molar refractivity (Wildman–Crippen MR) is 87.5 cm³/mol. The molecule has 1 rings (SSSR count). The van der Waals surface area contributed by atoms with Crippen molar-refractivity contribution in [1.82, 2.24) is 0 Å². The summed E-state index contributed by atoms with van der Waals surface area (Å²) in [7, 11) is 0. The van der Waals surface area contributed by atoms with E-state index in [-0.39, 0.29) is 5.56 Å². The summed E-state index contributed by atoms with van der Waals surface area (Å²) in [6, 6.07) is 5.77. The van der Waals surface area contributed by atoms with Crippen LogP contribution in [0.15, 0.2) is 24.3 Å². The Labute approximate surface area is 136 Å². The van der Waals surface area contributed by atoms with Crippen molar-refractivity contribution in [3.8, 4) is 0 Å². The van der Waals surface area contributed by atoms with Gasteiger partial charge < -0.3 is 20.6 Å². The van der Waals surface area contributed by atoms with Gasteiger partial charge in [0.1, 0.15) is 0 Å². The molecule has 0 fully saturated rings. The van der Waals surface area contributed by atoms with Crippen LogP contribution in [0.3, 0.4) is 0 Å². The Morgan fingerprint density at radius 3 is 2.00 bits per heavy atom. The van der Waals surface area contributed by atoms with E-state index in [4.69, 9.17) is 10.2 Å². The van der Waals surface area contributed by atoms with Gasteiger partial charge in [-0.05, 0) is 18.6 Å². The van der Waals surface area contributed by atoms with Crippen molar-refractivity contribution in [2.24, 2.45) is 0 Å². The number of carboxylic acids is 2. The molecule has 1 aromatic carbocycles. The predicted octanol–water partition coefficient (Wildman–Crippen LogP) is 2.82. The molecule has 128 valence electrons. The Morgan fingerprint density at radius 1 is 0.957 bits per heavy atom. The average molecular weight is 323 g/mol. The van der Waals surface area contributed by atoms with Crippen LogP contribution in [0.25, 0.3) is 0 Å². The molecule has 1 aromatic rings. The topological polar surface area (TPSA) is 107 Å². The van der Waals surface area contributed by atoms with Crippen molar-refractivity contribution in [2.45, 2.75) is 51.0 Å². The summed E-state index contributed by atoms with van der Waals surface area (Å²) in [4.78, 5) is 22.0. The first-order valence-electron chi connectivity index (χ1n) is 7.96. The quantitative estimate of drug-likeness (QED) is 0.368. The van der Waals surface area contributed by atoms with Crippen LogP contribution < -0.4 is 5.32 Å². The number of benzene rings is 1. The molecule has 0 amide bonds. The SMILES string of the molecule is CCCCCCCCNc1ccc(C(O)(C(=O)O)C(=O)O)cc1. The summed E-state index contributed by atoms with van der Waals surface area (Å²) in [5.41, 5.74) is -2.33. The van der Waals surface area contributed by atoms with E-state index in [1.165, 1.54) is 37.8 Å². The number of hydrogen-bond acceptors (Lipinski definition) is 4. The smallest absolute Gasteiger partial charge is 0.352 e. The monoisotopic (exact) mass is 323 g/mol. The molecule has 6 nitrogen and oxygen atoms in total. The first-order valence-corrected chi connectivity index (χ1v) is 7.96.